The van der Waals surface area contributed by atoms with Crippen molar-refractivity contribution in [3.63, 3.8) is 0 Å². The van der Waals surface area contributed by atoms with Crippen LogP contribution in [0.2, 0.25) is 0 Å². The predicted octanol–water partition coefficient (Wildman–Crippen LogP) is 16.3. The maximum Gasteiger partial charge on any atom is 0.315 e. The standard InChI is InChI=1S/C29H25Br2NO7.C29H25I2NO7.C29H29N3O7/c3*30-19-12-17(13-20(31)29(19)37)28(36)27-18-14-21(33)24(39-26(35)11-16-7-3-1-4-8-16)15-23(18)38-22(27)9-5-2-6-10-25(32)34/h2*1,3-4,7-8,12-15,33,37H,2,5-6,9-11H2,(H2,32,34);1,3-4,7-8,12-15,33,37H,2,5-6,9-11,30-31H2,(H2,32,34). The largest absolute Gasteiger partial charge is 0.506 e. The van der Waals surface area contributed by atoms with Crippen molar-refractivity contribution in [2.75, 3.05) is 11.5 Å². The van der Waals surface area contributed by atoms with E-state index < -0.39 is 23.7 Å². The zero-order valence-corrected chi connectivity index (χ0v) is 70.0. The van der Waals surface area contributed by atoms with Crippen LogP contribution in [0.3, 0.4) is 0 Å². The Hall–Kier alpha value is -11.8. The molecule has 606 valence electrons. The summed E-state index contributed by atoms with van der Waals surface area (Å²) in [6.07, 6.45) is 7.73. The lowest BCUT2D eigenvalue weighted by molar-refractivity contribution is -0.134. The number of aromatic hydroxyl groups is 6. The van der Waals surface area contributed by atoms with E-state index in [2.05, 4.69) is 31.9 Å². The van der Waals surface area contributed by atoms with Gasteiger partial charge in [-0.25, -0.2) is 0 Å². The molecule has 26 nitrogen and oxygen atoms in total. The number of furan rings is 3. The molecule has 3 aromatic heterocycles. The number of nitrogen functional groups attached to an aromatic ring is 2. The number of ether oxygens (including phenoxy) is 3. The van der Waals surface area contributed by atoms with Gasteiger partial charge in [0.1, 0.15) is 45.5 Å². The first-order chi connectivity index (χ1) is 55.9. The average Bonchev–Trinajstić information content (AvgIpc) is 1.64. The fourth-order valence-corrected chi connectivity index (χ4v) is 15.7. The van der Waals surface area contributed by atoms with Gasteiger partial charge in [-0.15, -0.1) is 0 Å². The Morgan fingerprint density at radius 1 is 0.350 bits per heavy atom. The van der Waals surface area contributed by atoms with Crippen LogP contribution in [0.4, 0.5) is 11.4 Å². The van der Waals surface area contributed by atoms with Gasteiger partial charge in [0.25, 0.3) is 0 Å². The molecule has 0 fully saturated rings. The normalized spacial score (nSPS) is 11.0. The van der Waals surface area contributed by atoms with Crippen LogP contribution in [0.1, 0.15) is 159 Å². The number of carbonyl (C=O) groups is 9. The second-order valence-corrected chi connectivity index (χ2v) is 31.2. The van der Waals surface area contributed by atoms with Crippen molar-refractivity contribution in [1.29, 1.82) is 0 Å². The average molecular weight is 1940 g/mol. The lowest BCUT2D eigenvalue weighted by atomic mass is 9.97. The number of esters is 3. The molecule has 3 heterocycles. The van der Waals surface area contributed by atoms with Crippen molar-refractivity contribution in [1.82, 2.24) is 0 Å². The molecular weight excluding hydrogens is 1860 g/mol. The number of rotatable bonds is 33. The number of ketones is 3. The lowest BCUT2D eigenvalue weighted by Gasteiger charge is -2.09. The molecule has 0 saturated carbocycles. The van der Waals surface area contributed by atoms with Gasteiger partial charge in [-0.3, -0.25) is 43.2 Å². The molecule has 0 aliphatic rings. The number of nitrogens with two attached hydrogens (primary N) is 5. The van der Waals surface area contributed by atoms with E-state index in [-0.39, 0.29) is 175 Å². The van der Waals surface area contributed by atoms with E-state index in [1.165, 1.54) is 60.7 Å². The monoisotopic (exact) mass is 1940 g/mol. The number of phenols is 6. The van der Waals surface area contributed by atoms with Crippen LogP contribution in [-0.4, -0.2) is 83.6 Å². The summed E-state index contributed by atoms with van der Waals surface area (Å²) in [7, 11) is 0. The molecule has 117 heavy (non-hydrogen) atoms. The van der Waals surface area contributed by atoms with E-state index in [9.17, 15) is 73.8 Å². The van der Waals surface area contributed by atoms with Gasteiger partial charge in [0.05, 0.1) is 63.4 Å². The zero-order valence-electron chi connectivity index (χ0n) is 62.5. The molecule has 16 N–H and O–H groups in total. The van der Waals surface area contributed by atoms with Crippen molar-refractivity contribution in [2.45, 2.75) is 116 Å². The minimum absolute atomic E-state index is 0.000454. The minimum Gasteiger partial charge on any atom is -0.506 e. The van der Waals surface area contributed by atoms with E-state index in [0.29, 0.717) is 132 Å². The molecule has 9 aromatic carbocycles. The van der Waals surface area contributed by atoms with Crippen LogP contribution in [0.15, 0.2) is 186 Å². The first-order valence-electron chi connectivity index (χ1n) is 36.7. The van der Waals surface area contributed by atoms with Crippen LogP contribution in [0, 0.1) is 7.14 Å². The van der Waals surface area contributed by atoms with E-state index in [4.69, 9.17) is 56.1 Å². The molecule has 0 atom stereocenters. The first-order valence-corrected chi connectivity index (χ1v) is 40.5. The maximum atomic E-state index is 13.7. The summed E-state index contributed by atoms with van der Waals surface area (Å²) in [5.74, 6) is -4.37. The second kappa shape index (κ2) is 40.7. The Bertz CT molecular complexity index is 5130. The third-order valence-electron chi connectivity index (χ3n) is 18.4. The second-order valence-electron chi connectivity index (χ2n) is 27.2. The summed E-state index contributed by atoms with van der Waals surface area (Å²) in [5.41, 5.74) is 31.7. The number of benzene rings is 9. The number of primary amides is 3. The Balaban J connectivity index is 0.000000185. The number of fused-ring (bicyclic) bond motifs is 3. The number of amides is 3. The van der Waals surface area contributed by atoms with Crippen LogP contribution in [0.5, 0.6) is 51.7 Å². The molecule has 0 bridgehead atoms. The van der Waals surface area contributed by atoms with Crippen LogP contribution in [0.25, 0.3) is 32.9 Å². The van der Waals surface area contributed by atoms with Crippen LogP contribution < -0.4 is 42.9 Å². The van der Waals surface area contributed by atoms with Gasteiger partial charge >= 0.3 is 17.9 Å². The number of hydrogen-bond donors (Lipinski definition) is 11. The number of aryl methyl sites for hydroxylation is 3. The fraction of sp³-hybridized carbons (Fsp3) is 0.207. The van der Waals surface area contributed by atoms with Gasteiger partial charge in [0, 0.05) is 89.6 Å². The van der Waals surface area contributed by atoms with Gasteiger partial charge in [-0.2, -0.15) is 0 Å². The van der Waals surface area contributed by atoms with Gasteiger partial charge in [-0.1, -0.05) is 110 Å². The van der Waals surface area contributed by atoms with E-state index in [1.54, 1.807) is 60.7 Å². The summed E-state index contributed by atoms with van der Waals surface area (Å²) < 4.78 is 36.1. The SMILES string of the molecule is NC(=O)CCCCCc1oc2cc(OC(=O)Cc3ccccc3)c(O)cc2c1C(=O)c1cc(Br)c(O)c(Br)c1.NC(=O)CCCCCc1oc2cc(OC(=O)Cc3ccccc3)c(O)cc2c1C(=O)c1cc(I)c(O)c(I)c1.NC(=O)CCCCCc1oc2cc(OC(=O)Cc3ccccc3)c(O)cc2c1C(=O)c1cc(N)c(O)c(N)c1. The lowest BCUT2D eigenvalue weighted by Crippen LogP contribution is -2.11. The number of unbranched alkanes of at least 4 members (excludes halogenated alkanes) is 6. The predicted molar refractivity (Wildman–Crippen MR) is 459 cm³/mol. The topological polar surface area (TPSA) is 472 Å². The Labute approximate surface area is 713 Å². The molecule has 12 aromatic rings. The third kappa shape index (κ3) is 23.3. The highest BCUT2D eigenvalue weighted by atomic mass is 127. The minimum atomic E-state index is -0.580. The van der Waals surface area contributed by atoms with Gasteiger partial charge in [-0.05, 0) is 187 Å². The van der Waals surface area contributed by atoms with E-state index >= 15 is 0 Å². The Morgan fingerprint density at radius 3 is 0.923 bits per heavy atom. The molecule has 0 spiro atoms. The smallest absolute Gasteiger partial charge is 0.315 e. The zero-order chi connectivity index (χ0) is 84.3. The summed E-state index contributed by atoms with van der Waals surface area (Å²) in [6.45, 7) is 0. The van der Waals surface area contributed by atoms with Gasteiger partial charge in [0.2, 0.25) is 17.7 Å². The Kier molecular flexibility index (Phi) is 30.5. The highest BCUT2D eigenvalue weighted by molar-refractivity contribution is 14.1. The fourth-order valence-electron chi connectivity index (χ4n) is 12.7. The summed E-state index contributed by atoms with van der Waals surface area (Å²) in [4.78, 5) is 112. The van der Waals surface area contributed by atoms with Crippen LogP contribution in [-0.2, 0) is 67.3 Å². The maximum absolute atomic E-state index is 13.7. The highest BCUT2D eigenvalue weighted by Gasteiger charge is 2.30. The molecule has 3 amide bonds. The summed E-state index contributed by atoms with van der Waals surface area (Å²) in [6, 6.07) is 44.1. The molecule has 0 aliphatic carbocycles. The van der Waals surface area contributed by atoms with E-state index in [1.807, 2.05) is 87.6 Å². The molecular formula is C87H79Br2I2N5O21. The summed E-state index contributed by atoms with van der Waals surface area (Å²) in [5, 5.41) is 63.3. The highest BCUT2D eigenvalue weighted by Crippen LogP contribution is 2.44. The van der Waals surface area contributed by atoms with Crippen molar-refractivity contribution in [2.24, 2.45) is 17.2 Å². The number of carbonyl (C=O) groups excluding carboxylic acids is 9. The van der Waals surface area contributed by atoms with Crippen molar-refractivity contribution in [3.05, 3.63) is 247 Å². The van der Waals surface area contributed by atoms with Crippen molar-refractivity contribution >= 4 is 174 Å². The van der Waals surface area contributed by atoms with Gasteiger partial charge < -0.3 is 86.8 Å². The van der Waals surface area contributed by atoms with Crippen molar-refractivity contribution < 1.29 is 101 Å². The molecule has 30 heteroatoms. The Morgan fingerprint density at radius 2 is 0.632 bits per heavy atom. The molecule has 0 aliphatic heterocycles. The number of anilines is 2. The van der Waals surface area contributed by atoms with Gasteiger partial charge in [0.15, 0.2) is 57.6 Å². The molecule has 0 saturated heterocycles. The molecule has 0 radical (unpaired) electrons. The van der Waals surface area contributed by atoms with E-state index in [0.717, 1.165) is 16.7 Å². The third-order valence-corrected chi connectivity index (χ3v) is 21.3. The number of halogens is 4. The number of phenolic OH excluding ortho intramolecular Hbond substituents is 6. The summed E-state index contributed by atoms with van der Waals surface area (Å²) >= 11 is 10.4. The van der Waals surface area contributed by atoms with Crippen molar-refractivity contribution in [3.8, 4) is 51.7 Å². The quantitative estimate of drug-likeness (QED) is 0.00346. The molecule has 12 rings (SSSR count). The first kappa shape index (κ1) is 87.6. The molecule has 0 unspecified atom stereocenters. The number of hydrogen-bond acceptors (Lipinski definition) is 23. The van der Waals surface area contributed by atoms with Crippen LogP contribution >= 0.6 is 77.0 Å².